The molecule has 4 aliphatic rings. The molecule has 4 bridgehead atoms. The third-order valence-corrected chi connectivity index (χ3v) is 6.13. The number of nitrogens with one attached hydrogen (secondary N) is 1. The Hall–Kier alpha value is -0.240. The Balaban J connectivity index is 1.45. The predicted molar refractivity (Wildman–Crippen MR) is 82.8 cm³/mol. The summed E-state index contributed by atoms with van der Waals surface area (Å²) < 4.78 is 0. The summed E-state index contributed by atoms with van der Waals surface area (Å²) in [5, 5.41) is 3.24. The van der Waals surface area contributed by atoms with Crippen molar-refractivity contribution in [3.63, 3.8) is 0 Å². The first-order valence-corrected chi connectivity index (χ1v) is 9.09. The third kappa shape index (κ3) is 3.00. The molecule has 114 valence electrons. The van der Waals surface area contributed by atoms with Gasteiger partial charge in [-0.25, -0.2) is 0 Å². The van der Waals surface area contributed by atoms with E-state index in [1.165, 1.54) is 51.4 Å². The van der Waals surface area contributed by atoms with Gasteiger partial charge in [-0.3, -0.25) is 4.79 Å². The average molecular weight is 298 g/mol. The maximum atomic E-state index is 12.7. The fraction of sp³-hybridized carbons (Fsp3) is 0.941. The van der Waals surface area contributed by atoms with Gasteiger partial charge in [-0.1, -0.05) is 12.8 Å². The van der Waals surface area contributed by atoms with Crippen LogP contribution in [0.3, 0.4) is 0 Å². The van der Waals surface area contributed by atoms with Crippen LogP contribution in [-0.4, -0.2) is 18.3 Å². The van der Waals surface area contributed by atoms with Crippen molar-refractivity contribution >= 4 is 17.5 Å². The largest absolute Gasteiger partial charge is 0.356 e. The van der Waals surface area contributed by atoms with Crippen LogP contribution in [0.4, 0.5) is 0 Å². The minimum Gasteiger partial charge on any atom is -0.356 e. The zero-order chi connectivity index (χ0) is 14.0. The van der Waals surface area contributed by atoms with E-state index in [0.717, 1.165) is 43.0 Å². The normalized spacial score (nSPS) is 38.1. The number of amides is 1. The number of halogens is 1. The van der Waals surface area contributed by atoms with Crippen LogP contribution in [0.2, 0.25) is 0 Å². The average Bonchev–Trinajstić information content (AvgIpc) is 2.41. The van der Waals surface area contributed by atoms with Crippen LogP contribution in [-0.2, 0) is 4.79 Å². The molecule has 4 rings (SSSR count). The molecule has 0 atom stereocenters. The molecule has 0 unspecified atom stereocenters. The van der Waals surface area contributed by atoms with Crippen LogP contribution in [0.1, 0.15) is 64.2 Å². The maximum absolute atomic E-state index is 12.7. The summed E-state index contributed by atoms with van der Waals surface area (Å²) in [7, 11) is 0. The molecule has 0 aromatic rings. The van der Waals surface area contributed by atoms with E-state index in [0.29, 0.717) is 5.91 Å². The Morgan fingerprint density at radius 3 is 2.05 bits per heavy atom. The number of unbranched alkanes of at least 4 members (excludes halogenated alkanes) is 3. The lowest BCUT2D eigenvalue weighted by Gasteiger charge is -2.55. The van der Waals surface area contributed by atoms with Crippen molar-refractivity contribution in [3.05, 3.63) is 0 Å². The van der Waals surface area contributed by atoms with E-state index in [9.17, 15) is 4.79 Å². The van der Waals surface area contributed by atoms with Gasteiger partial charge < -0.3 is 5.32 Å². The topological polar surface area (TPSA) is 29.1 Å². The first kappa shape index (κ1) is 14.7. The zero-order valence-corrected chi connectivity index (χ0v) is 13.3. The van der Waals surface area contributed by atoms with Gasteiger partial charge in [0, 0.05) is 17.8 Å². The molecule has 4 saturated carbocycles. The molecule has 0 heterocycles. The van der Waals surface area contributed by atoms with Crippen molar-refractivity contribution in [2.45, 2.75) is 64.2 Å². The smallest absolute Gasteiger partial charge is 0.226 e. The van der Waals surface area contributed by atoms with Crippen LogP contribution in [0.25, 0.3) is 0 Å². The molecule has 0 radical (unpaired) electrons. The number of alkyl halides is 1. The van der Waals surface area contributed by atoms with Crippen LogP contribution in [0, 0.1) is 23.2 Å². The third-order valence-electron chi connectivity index (χ3n) is 5.87. The highest BCUT2D eigenvalue weighted by molar-refractivity contribution is 6.17. The van der Waals surface area contributed by atoms with Gasteiger partial charge in [0.1, 0.15) is 0 Å². The van der Waals surface area contributed by atoms with Gasteiger partial charge in [0.05, 0.1) is 0 Å². The summed E-state index contributed by atoms with van der Waals surface area (Å²) in [4.78, 5) is 12.7. The van der Waals surface area contributed by atoms with Crippen molar-refractivity contribution in [3.8, 4) is 0 Å². The van der Waals surface area contributed by atoms with E-state index in [-0.39, 0.29) is 5.41 Å². The van der Waals surface area contributed by atoms with Crippen LogP contribution in [0.5, 0.6) is 0 Å². The molecule has 2 nitrogen and oxygen atoms in total. The standard InChI is InChI=1S/C17H28ClNO/c18-5-3-1-2-4-6-19-16(20)17-10-13-7-14(11-17)9-15(8-13)12-17/h13-15H,1-12H2,(H,19,20). The molecule has 0 saturated heterocycles. The predicted octanol–water partition coefficient (Wildman–Crippen LogP) is 4.12. The lowest BCUT2D eigenvalue weighted by Crippen LogP contribution is -2.53. The summed E-state index contributed by atoms with van der Waals surface area (Å²) in [5.41, 5.74) is 0.0326. The van der Waals surface area contributed by atoms with Gasteiger partial charge in [0.25, 0.3) is 0 Å². The minimum atomic E-state index is 0.0326. The lowest BCUT2D eigenvalue weighted by atomic mass is 9.49. The van der Waals surface area contributed by atoms with Crippen molar-refractivity contribution in [2.24, 2.45) is 23.2 Å². The van der Waals surface area contributed by atoms with E-state index in [2.05, 4.69) is 5.32 Å². The summed E-state index contributed by atoms with van der Waals surface area (Å²) in [6.45, 7) is 0.864. The summed E-state index contributed by atoms with van der Waals surface area (Å²) in [6, 6.07) is 0. The van der Waals surface area contributed by atoms with Crippen molar-refractivity contribution < 1.29 is 4.79 Å². The number of rotatable bonds is 7. The highest BCUT2D eigenvalue weighted by Gasteiger charge is 2.54. The number of hydrogen-bond donors (Lipinski definition) is 1. The molecule has 1 N–H and O–H groups in total. The first-order valence-electron chi connectivity index (χ1n) is 8.56. The SMILES string of the molecule is O=C(NCCCCCCCl)C12CC3CC(CC(C3)C1)C2. The summed E-state index contributed by atoms with van der Waals surface area (Å²) in [5.74, 6) is 3.72. The lowest BCUT2D eigenvalue weighted by molar-refractivity contribution is -0.146. The van der Waals surface area contributed by atoms with Crippen molar-refractivity contribution in [2.75, 3.05) is 12.4 Å². The number of hydrogen-bond acceptors (Lipinski definition) is 1. The highest BCUT2D eigenvalue weighted by Crippen LogP contribution is 2.60. The van der Waals surface area contributed by atoms with Crippen molar-refractivity contribution in [1.29, 1.82) is 0 Å². The van der Waals surface area contributed by atoms with Crippen LogP contribution >= 0.6 is 11.6 Å². The highest BCUT2D eigenvalue weighted by atomic mass is 35.5. The van der Waals surface area contributed by atoms with E-state index in [4.69, 9.17) is 11.6 Å². The molecular formula is C17H28ClNO. The maximum Gasteiger partial charge on any atom is 0.226 e. The van der Waals surface area contributed by atoms with E-state index < -0.39 is 0 Å². The molecule has 1 amide bonds. The second-order valence-corrected chi connectivity index (χ2v) is 7.93. The Bertz CT molecular complexity index is 320. The Labute approximate surface area is 128 Å². The van der Waals surface area contributed by atoms with Crippen LogP contribution in [0.15, 0.2) is 0 Å². The molecule has 3 heteroatoms. The zero-order valence-electron chi connectivity index (χ0n) is 12.5. The molecule has 4 fully saturated rings. The van der Waals surface area contributed by atoms with Crippen LogP contribution < -0.4 is 5.32 Å². The van der Waals surface area contributed by atoms with E-state index in [1.54, 1.807) is 0 Å². The number of carbonyl (C=O) groups excluding carboxylic acids is 1. The molecule has 0 aromatic carbocycles. The fourth-order valence-electron chi connectivity index (χ4n) is 5.35. The molecule has 0 aromatic heterocycles. The molecule has 4 aliphatic carbocycles. The van der Waals surface area contributed by atoms with Crippen molar-refractivity contribution in [1.82, 2.24) is 5.32 Å². The number of carbonyl (C=O) groups is 1. The first-order chi connectivity index (χ1) is 9.72. The van der Waals surface area contributed by atoms with Gasteiger partial charge in [0.15, 0.2) is 0 Å². The van der Waals surface area contributed by atoms with E-state index in [1.807, 2.05) is 0 Å². The quantitative estimate of drug-likeness (QED) is 0.556. The Morgan fingerprint density at radius 2 is 1.50 bits per heavy atom. The van der Waals surface area contributed by atoms with Gasteiger partial charge in [-0.2, -0.15) is 0 Å². The molecule has 0 spiro atoms. The van der Waals surface area contributed by atoms with Gasteiger partial charge in [-0.15, -0.1) is 11.6 Å². The Morgan fingerprint density at radius 1 is 0.950 bits per heavy atom. The fourth-order valence-corrected chi connectivity index (χ4v) is 5.54. The second kappa shape index (κ2) is 6.25. The molecular weight excluding hydrogens is 270 g/mol. The van der Waals surface area contributed by atoms with Gasteiger partial charge in [0.2, 0.25) is 5.91 Å². The minimum absolute atomic E-state index is 0.0326. The van der Waals surface area contributed by atoms with E-state index >= 15 is 0 Å². The summed E-state index contributed by atoms with van der Waals surface area (Å²) >= 11 is 5.67. The Kier molecular flexibility index (Phi) is 4.59. The second-order valence-electron chi connectivity index (χ2n) is 7.56. The molecule has 0 aliphatic heterocycles. The molecule has 20 heavy (non-hydrogen) atoms. The monoisotopic (exact) mass is 297 g/mol. The van der Waals surface area contributed by atoms with Gasteiger partial charge in [-0.05, 0) is 69.1 Å². The van der Waals surface area contributed by atoms with Gasteiger partial charge >= 0.3 is 0 Å². The summed E-state index contributed by atoms with van der Waals surface area (Å²) in [6.07, 6.45) is 12.3.